The third-order valence-electron chi connectivity index (χ3n) is 4.00. The van der Waals surface area contributed by atoms with Crippen LogP contribution in [0.2, 0.25) is 0 Å². The molecule has 6 nitrogen and oxygen atoms in total. The molecule has 0 saturated carbocycles. The van der Waals surface area contributed by atoms with Crippen LogP contribution in [0.25, 0.3) is 15.9 Å². The number of hydrogen-bond acceptors (Lipinski definition) is 4. The number of carbonyl (C=O) groups is 2. The predicted molar refractivity (Wildman–Crippen MR) is 104 cm³/mol. The average Bonchev–Trinajstić information content (AvgIpc) is 3.20. The van der Waals surface area contributed by atoms with Gasteiger partial charge in [-0.05, 0) is 25.1 Å². The average molecular weight is 370 g/mol. The molecule has 0 atom stereocenters. The highest BCUT2D eigenvalue weighted by atomic mass is 32.1. The van der Waals surface area contributed by atoms with E-state index >= 15 is 0 Å². The van der Waals surface area contributed by atoms with Crippen LogP contribution in [0.15, 0.2) is 36.4 Å². The number of nitrogens with zero attached hydrogens (tertiary/aromatic N) is 2. The second-order valence-corrected chi connectivity index (χ2v) is 7.39. The Morgan fingerprint density at radius 3 is 2.54 bits per heavy atom. The van der Waals surface area contributed by atoms with Crippen LogP contribution in [-0.2, 0) is 4.79 Å². The summed E-state index contributed by atoms with van der Waals surface area (Å²) in [6, 6.07) is 11.7. The summed E-state index contributed by atoms with van der Waals surface area (Å²) in [5, 5.41) is 11.2. The molecule has 0 radical (unpaired) electrons. The van der Waals surface area contributed by atoms with Gasteiger partial charge in [-0.3, -0.25) is 9.59 Å². The number of thiophene rings is 1. The smallest absolute Gasteiger partial charge is 0.261 e. The van der Waals surface area contributed by atoms with Crippen molar-refractivity contribution in [1.82, 2.24) is 20.4 Å². The lowest BCUT2D eigenvalue weighted by atomic mass is 10.2. The Kier molecular flexibility index (Phi) is 5.37. The van der Waals surface area contributed by atoms with Gasteiger partial charge in [-0.1, -0.05) is 32.0 Å². The normalized spacial score (nSPS) is 11.1. The summed E-state index contributed by atoms with van der Waals surface area (Å²) in [6.07, 6.45) is 0. The van der Waals surface area contributed by atoms with Crippen molar-refractivity contribution in [1.29, 1.82) is 0 Å². The summed E-state index contributed by atoms with van der Waals surface area (Å²) < 4.78 is 1.87. The lowest BCUT2D eigenvalue weighted by molar-refractivity contribution is -0.123. The molecule has 3 aromatic rings. The highest BCUT2D eigenvalue weighted by Gasteiger charge is 2.17. The van der Waals surface area contributed by atoms with Gasteiger partial charge in [0.05, 0.1) is 16.3 Å². The molecule has 0 aliphatic rings. The van der Waals surface area contributed by atoms with E-state index in [2.05, 4.69) is 15.7 Å². The molecule has 2 amide bonds. The lowest BCUT2D eigenvalue weighted by Crippen LogP contribution is -2.36. The van der Waals surface area contributed by atoms with Crippen LogP contribution >= 0.6 is 11.3 Å². The van der Waals surface area contributed by atoms with Gasteiger partial charge in [0.2, 0.25) is 5.91 Å². The van der Waals surface area contributed by atoms with Gasteiger partial charge in [0, 0.05) is 24.4 Å². The summed E-state index contributed by atoms with van der Waals surface area (Å²) in [4.78, 5) is 25.5. The minimum absolute atomic E-state index is 0.0142. The summed E-state index contributed by atoms with van der Waals surface area (Å²) in [7, 11) is 0. The Balaban J connectivity index is 1.71. The topological polar surface area (TPSA) is 76.0 Å². The molecular formula is C19H22N4O2S. The molecule has 2 heterocycles. The van der Waals surface area contributed by atoms with Crippen LogP contribution in [0.3, 0.4) is 0 Å². The van der Waals surface area contributed by atoms with Gasteiger partial charge in [0.15, 0.2) is 0 Å². The van der Waals surface area contributed by atoms with Crippen molar-refractivity contribution in [2.24, 2.45) is 5.92 Å². The fraction of sp³-hybridized carbons (Fsp3) is 0.316. The molecule has 0 unspecified atom stereocenters. The van der Waals surface area contributed by atoms with E-state index in [0.29, 0.717) is 18.0 Å². The van der Waals surface area contributed by atoms with Crippen LogP contribution in [0.1, 0.15) is 29.2 Å². The fourth-order valence-electron chi connectivity index (χ4n) is 2.56. The molecule has 26 heavy (non-hydrogen) atoms. The first-order valence-electron chi connectivity index (χ1n) is 8.58. The number of fused-ring (bicyclic) bond motifs is 1. The van der Waals surface area contributed by atoms with Crippen molar-refractivity contribution in [2.75, 3.05) is 13.1 Å². The molecule has 0 aliphatic heterocycles. The molecule has 0 fully saturated rings. The van der Waals surface area contributed by atoms with E-state index in [0.717, 1.165) is 21.6 Å². The number of aromatic nitrogens is 2. The summed E-state index contributed by atoms with van der Waals surface area (Å²) in [5.41, 5.74) is 1.86. The highest BCUT2D eigenvalue weighted by Crippen LogP contribution is 2.30. The van der Waals surface area contributed by atoms with Gasteiger partial charge in [-0.2, -0.15) is 5.10 Å². The monoisotopic (exact) mass is 370 g/mol. The van der Waals surface area contributed by atoms with Crippen LogP contribution in [0.5, 0.6) is 0 Å². The third kappa shape index (κ3) is 3.77. The minimum atomic E-state index is -0.135. The van der Waals surface area contributed by atoms with Gasteiger partial charge in [0.1, 0.15) is 4.83 Å². The number of nitrogens with one attached hydrogen (secondary N) is 2. The van der Waals surface area contributed by atoms with Gasteiger partial charge in [-0.15, -0.1) is 11.3 Å². The Morgan fingerprint density at radius 1 is 1.15 bits per heavy atom. The summed E-state index contributed by atoms with van der Waals surface area (Å²) in [6.45, 7) is 6.43. The zero-order chi connectivity index (χ0) is 18.7. The fourth-order valence-corrected chi connectivity index (χ4v) is 3.66. The number of benzene rings is 1. The van der Waals surface area contributed by atoms with E-state index in [1.54, 1.807) is 0 Å². The molecule has 7 heteroatoms. The van der Waals surface area contributed by atoms with Crippen molar-refractivity contribution < 1.29 is 9.59 Å². The second kappa shape index (κ2) is 7.70. The van der Waals surface area contributed by atoms with Crippen LogP contribution in [-0.4, -0.2) is 34.7 Å². The molecule has 1 aromatic carbocycles. The number of para-hydroxylation sites is 1. The van der Waals surface area contributed by atoms with Crippen molar-refractivity contribution in [2.45, 2.75) is 20.8 Å². The molecule has 0 spiro atoms. The third-order valence-corrected chi connectivity index (χ3v) is 5.11. The lowest BCUT2D eigenvalue weighted by Gasteiger charge is -2.08. The first kappa shape index (κ1) is 18.1. The Morgan fingerprint density at radius 2 is 1.85 bits per heavy atom. The standard InChI is InChI=1S/C19H22N4O2S/c1-12(2)17(24)20-9-10-21-18(25)16-11-15-13(3)22-23(19(15)26-16)14-7-5-4-6-8-14/h4-8,11-12H,9-10H2,1-3H3,(H,20,24)(H,21,25). The molecule has 0 saturated heterocycles. The molecular weight excluding hydrogens is 348 g/mol. The second-order valence-electron chi connectivity index (χ2n) is 6.36. The number of carbonyl (C=O) groups excluding carboxylic acids is 2. The Hall–Kier alpha value is -2.67. The van der Waals surface area contributed by atoms with E-state index < -0.39 is 0 Å². The van der Waals surface area contributed by atoms with Gasteiger partial charge < -0.3 is 10.6 Å². The highest BCUT2D eigenvalue weighted by molar-refractivity contribution is 7.20. The van der Waals surface area contributed by atoms with Crippen molar-refractivity contribution in [3.63, 3.8) is 0 Å². The van der Waals surface area contributed by atoms with Crippen LogP contribution < -0.4 is 10.6 Å². The summed E-state index contributed by atoms with van der Waals surface area (Å²) in [5.74, 6) is -0.207. The molecule has 136 valence electrons. The van der Waals surface area contributed by atoms with Gasteiger partial charge in [-0.25, -0.2) is 4.68 Å². The van der Waals surface area contributed by atoms with Gasteiger partial charge in [0.25, 0.3) is 5.91 Å². The molecule has 0 aliphatic carbocycles. The van der Waals surface area contributed by atoms with Gasteiger partial charge >= 0.3 is 0 Å². The Labute approximate surface area is 156 Å². The SMILES string of the molecule is Cc1nn(-c2ccccc2)c2sc(C(=O)NCCNC(=O)C(C)C)cc12. The molecule has 2 N–H and O–H groups in total. The first-order valence-corrected chi connectivity index (χ1v) is 9.39. The summed E-state index contributed by atoms with van der Waals surface area (Å²) >= 11 is 1.42. The number of hydrogen-bond donors (Lipinski definition) is 2. The molecule has 2 aromatic heterocycles. The van der Waals surface area contributed by atoms with E-state index in [4.69, 9.17) is 0 Å². The zero-order valence-corrected chi connectivity index (χ0v) is 15.9. The maximum atomic E-state index is 12.4. The van der Waals surface area contributed by atoms with Crippen molar-refractivity contribution in [3.05, 3.63) is 47.0 Å². The maximum absolute atomic E-state index is 12.4. The maximum Gasteiger partial charge on any atom is 0.261 e. The molecule has 3 rings (SSSR count). The first-order chi connectivity index (χ1) is 12.5. The minimum Gasteiger partial charge on any atom is -0.354 e. The van der Waals surface area contributed by atoms with Crippen molar-refractivity contribution in [3.8, 4) is 5.69 Å². The molecule has 0 bridgehead atoms. The Bertz CT molecular complexity index is 928. The van der Waals surface area contributed by atoms with E-state index in [1.807, 2.05) is 61.9 Å². The largest absolute Gasteiger partial charge is 0.354 e. The van der Waals surface area contributed by atoms with E-state index in [-0.39, 0.29) is 17.7 Å². The quantitative estimate of drug-likeness (QED) is 0.655. The van der Waals surface area contributed by atoms with Crippen LogP contribution in [0, 0.1) is 12.8 Å². The van der Waals surface area contributed by atoms with Crippen molar-refractivity contribution >= 4 is 33.4 Å². The van der Waals surface area contributed by atoms with E-state index in [9.17, 15) is 9.59 Å². The zero-order valence-electron chi connectivity index (χ0n) is 15.1. The number of rotatable bonds is 6. The number of amides is 2. The predicted octanol–water partition coefficient (Wildman–Crippen LogP) is 2.90. The van der Waals surface area contributed by atoms with E-state index in [1.165, 1.54) is 11.3 Å². The van der Waals surface area contributed by atoms with Crippen LogP contribution in [0.4, 0.5) is 0 Å². The number of aryl methyl sites for hydroxylation is 1.